The summed E-state index contributed by atoms with van der Waals surface area (Å²) in [6.45, 7) is 0. The first-order chi connectivity index (χ1) is 19.1. The zero-order valence-electron chi connectivity index (χ0n) is 21.7. The van der Waals surface area contributed by atoms with Gasteiger partial charge in [0, 0.05) is 42.0 Å². The van der Waals surface area contributed by atoms with E-state index in [4.69, 9.17) is 5.73 Å². The van der Waals surface area contributed by atoms with E-state index in [-0.39, 0.29) is 11.6 Å². The summed E-state index contributed by atoms with van der Waals surface area (Å²) in [7, 11) is 0. The van der Waals surface area contributed by atoms with E-state index in [0.29, 0.717) is 27.9 Å². The van der Waals surface area contributed by atoms with Crippen LogP contribution in [0.15, 0.2) is 86.3 Å². The molecule has 4 aromatic rings. The molecule has 0 radical (unpaired) electrons. The van der Waals surface area contributed by atoms with Gasteiger partial charge in [-0.15, -0.1) is 0 Å². The van der Waals surface area contributed by atoms with Crippen LogP contribution in [0.4, 0.5) is 5.69 Å². The molecule has 0 spiro atoms. The van der Waals surface area contributed by atoms with Gasteiger partial charge in [-0.25, -0.2) is 0 Å². The maximum atomic E-state index is 14.1. The molecule has 0 saturated heterocycles. The Morgan fingerprint density at radius 2 is 1.05 bits per heavy atom. The van der Waals surface area contributed by atoms with E-state index in [0.717, 1.165) is 45.3 Å². The quantitative estimate of drug-likeness (QED) is 0.230. The van der Waals surface area contributed by atoms with Gasteiger partial charge in [0.05, 0.1) is 5.56 Å². The van der Waals surface area contributed by atoms with Crippen molar-refractivity contribution < 1.29 is 9.59 Å². The summed E-state index contributed by atoms with van der Waals surface area (Å²) in [6.07, 6.45) is 9.39. The third-order valence-corrected chi connectivity index (χ3v) is 10.3. The molecule has 0 amide bonds. The first-order valence-electron chi connectivity index (χ1n) is 13.8. The van der Waals surface area contributed by atoms with E-state index in [1.165, 1.54) is 47.9 Å². The number of aryl methyl sites for hydroxylation is 4. The number of nitrogen functional groups attached to an aromatic ring is 1. The van der Waals surface area contributed by atoms with Gasteiger partial charge in [-0.3, -0.25) is 9.59 Å². The summed E-state index contributed by atoms with van der Waals surface area (Å²) in [6, 6.07) is 22.5. The molecule has 0 atom stereocenters. The molecule has 2 N–H and O–H groups in total. The van der Waals surface area contributed by atoms with Gasteiger partial charge >= 0.3 is 0 Å². The lowest BCUT2D eigenvalue weighted by molar-refractivity contribution is 0.0975. The molecule has 0 aromatic heterocycles. The predicted octanol–water partition coefficient (Wildman–Crippen LogP) is 8.10. The lowest BCUT2D eigenvalue weighted by atomic mass is 9.83. The van der Waals surface area contributed by atoms with Crippen molar-refractivity contribution >= 4 is 40.8 Å². The molecule has 0 heterocycles. The second-order valence-electron chi connectivity index (χ2n) is 10.7. The maximum absolute atomic E-state index is 14.1. The van der Waals surface area contributed by atoms with Crippen LogP contribution >= 0.6 is 23.5 Å². The van der Waals surface area contributed by atoms with Gasteiger partial charge < -0.3 is 5.73 Å². The minimum atomic E-state index is -0.161. The lowest BCUT2D eigenvalue weighted by Crippen LogP contribution is -2.24. The Kier molecular flexibility index (Phi) is 6.37. The van der Waals surface area contributed by atoms with Crippen molar-refractivity contribution in [1.82, 2.24) is 0 Å². The topological polar surface area (TPSA) is 60.2 Å². The third kappa shape index (κ3) is 4.42. The highest BCUT2D eigenvalue weighted by molar-refractivity contribution is 8.00. The second-order valence-corrected chi connectivity index (χ2v) is 12.9. The number of benzene rings is 4. The number of fused-ring (bicyclic) bond motifs is 4. The van der Waals surface area contributed by atoms with Crippen molar-refractivity contribution in [1.29, 1.82) is 0 Å². The van der Waals surface area contributed by atoms with Crippen molar-refractivity contribution in [3.63, 3.8) is 0 Å². The molecule has 3 aliphatic carbocycles. The van der Waals surface area contributed by atoms with Gasteiger partial charge in [-0.2, -0.15) is 0 Å². The average molecular weight is 548 g/mol. The Labute approximate surface area is 237 Å². The minimum absolute atomic E-state index is 0.125. The van der Waals surface area contributed by atoms with Crippen molar-refractivity contribution in [3.05, 3.63) is 111 Å². The fourth-order valence-corrected chi connectivity index (χ4v) is 8.31. The molecule has 194 valence electrons. The summed E-state index contributed by atoms with van der Waals surface area (Å²) < 4.78 is 0. The molecule has 3 nitrogen and oxygen atoms in total. The van der Waals surface area contributed by atoms with Gasteiger partial charge in [0.25, 0.3) is 0 Å². The van der Waals surface area contributed by atoms with Crippen LogP contribution in [0.2, 0.25) is 0 Å². The smallest absolute Gasteiger partial charge is 0.197 e. The number of nitrogens with two attached hydrogens (primary N) is 1. The highest BCUT2D eigenvalue weighted by Crippen LogP contribution is 2.44. The number of ketones is 2. The van der Waals surface area contributed by atoms with Crippen LogP contribution in [0.25, 0.3) is 0 Å². The Balaban J connectivity index is 1.33. The monoisotopic (exact) mass is 547 g/mol. The van der Waals surface area contributed by atoms with Gasteiger partial charge in [0.15, 0.2) is 11.6 Å². The lowest BCUT2D eigenvalue weighted by Gasteiger charge is -2.24. The number of carbonyl (C=O) groups excluding carboxylic acids is 2. The predicted molar refractivity (Wildman–Crippen MR) is 159 cm³/mol. The molecule has 7 rings (SSSR count). The number of hydrogen-bond donors (Lipinski definition) is 1. The molecule has 0 aliphatic heterocycles. The van der Waals surface area contributed by atoms with Crippen LogP contribution in [-0.4, -0.2) is 11.6 Å². The Hall–Kier alpha value is -3.28. The van der Waals surface area contributed by atoms with Crippen molar-refractivity contribution in [3.8, 4) is 0 Å². The van der Waals surface area contributed by atoms with E-state index in [9.17, 15) is 9.59 Å². The SMILES string of the molecule is Nc1cccc2c1C(=O)c1c(Sc3ccc4c(c3)CCCC4)ccc(Sc3ccc4c(c3)CCCC4)c1C2=O. The summed E-state index contributed by atoms with van der Waals surface area (Å²) >= 11 is 3.15. The number of rotatable bonds is 4. The van der Waals surface area contributed by atoms with E-state index < -0.39 is 0 Å². The Morgan fingerprint density at radius 1 is 0.538 bits per heavy atom. The molecule has 39 heavy (non-hydrogen) atoms. The molecule has 0 unspecified atom stereocenters. The number of anilines is 1. The fourth-order valence-electron chi connectivity index (χ4n) is 6.26. The van der Waals surface area contributed by atoms with Crippen LogP contribution in [0, 0.1) is 0 Å². The summed E-state index contributed by atoms with van der Waals surface area (Å²) in [5.74, 6) is -0.286. The summed E-state index contributed by atoms with van der Waals surface area (Å²) in [5.41, 5.74) is 14.0. The van der Waals surface area contributed by atoms with Crippen LogP contribution in [0.1, 0.15) is 79.8 Å². The van der Waals surface area contributed by atoms with E-state index in [1.54, 1.807) is 41.7 Å². The number of carbonyl (C=O) groups is 2. The fraction of sp³-hybridized carbons (Fsp3) is 0.235. The highest BCUT2D eigenvalue weighted by atomic mass is 32.2. The summed E-state index contributed by atoms with van der Waals surface area (Å²) in [4.78, 5) is 31.9. The molecular weight excluding hydrogens is 519 g/mol. The van der Waals surface area contributed by atoms with Crippen LogP contribution in [0.5, 0.6) is 0 Å². The van der Waals surface area contributed by atoms with Gasteiger partial charge in [0.1, 0.15) is 0 Å². The van der Waals surface area contributed by atoms with Crippen LogP contribution in [-0.2, 0) is 25.7 Å². The van der Waals surface area contributed by atoms with Crippen LogP contribution < -0.4 is 5.73 Å². The second kappa shape index (κ2) is 10.0. The molecule has 0 bridgehead atoms. The van der Waals surface area contributed by atoms with Gasteiger partial charge in [-0.1, -0.05) is 47.8 Å². The molecular formula is C34H29NO2S2. The van der Waals surface area contributed by atoms with Crippen molar-refractivity contribution in [2.45, 2.75) is 70.9 Å². The van der Waals surface area contributed by atoms with Crippen molar-refractivity contribution in [2.75, 3.05) is 5.73 Å². The van der Waals surface area contributed by atoms with Crippen LogP contribution in [0.3, 0.4) is 0 Å². The highest BCUT2D eigenvalue weighted by Gasteiger charge is 2.35. The van der Waals surface area contributed by atoms with E-state index in [1.807, 2.05) is 12.1 Å². The largest absolute Gasteiger partial charge is 0.398 e. The third-order valence-electron chi connectivity index (χ3n) is 8.25. The summed E-state index contributed by atoms with van der Waals surface area (Å²) in [5, 5.41) is 0. The number of hydrogen-bond acceptors (Lipinski definition) is 5. The molecule has 3 aliphatic rings. The molecule has 5 heteroatoms. The average Bonchev–Trinajstić information content (AvgIpc) is 2.96. The van der Waals surface area contributed by atoms with E-state index in [2.05, 4.69) is 36.4 Å². The van der Waals surface area contributed by atoms with Gasteiger partial charge in [0.2, 0.25) is 0 Å². The molecule has 0 saturated carbocycles. The normalized spacial score (nSPS) is 15.8. The Morgan fingerprint density at radius 3 is 1.62 bits per heavy atom. The first-order valence-corrected chi connectivity index (χ1v) is 15.4. The Bertz CT molecular complexity index is 1670. The molecule has 0 fully saturated rings. The zero-order chi connectivity index (χ0) is 26.5. The first kappa shape index (κ1) is 24.7. The van der Waals surface area contributed by atoms with Gasteiger partial charge in [-0.05, 0) is 116 Å². The molecule has 4 aromatic carbocycles. The standard InChI is InChI=1S/C34H29NO2S2/c35-27-11-5-10-26-30(27)34(37)32-29(39-25-15-13-21-7-2-4-9-23(21)19-25)17-16-28(31(32)33(26)36)38-24-14-12-20-6-1-3-8-22(20)18-24/h5,10-19H,1-4,6-9,35H2. The van der Waals surface area contributed by atoms with Crippen molar-refractivity contribution in [2.24, 2.45) is 0 Å². The van der Waals surface area contributed by atoms with E-state index >= 15 is 0 Å². The maximum Gasteiger partial charge on any atom is 0.197 e. The zero-order valence-corrected chi connectivity index (χ0v) is 23.4. The minimum Gasteiger partial charge on any atom is -0.398 e.